The van der Waals surface area contributed by atoms with E-state index in [1.165, 1.54) is 0 Å². The molecule has 0 spiro atoms. The van der Waals surface area contributed by atoms with Crippen molar-refractivity contribution in [2.24, 2.45) is 0 Å². The van der Waals surface area contributed by atoms with Gasteiger partial charge >= 0.3 is 0 Å². The lowest BCUT2D eigenvalue weighted by Crippen LogP contribution is -2.41. The molecule has 2 atom stereocenters. The van der Waals surface area contributed by atoms with E-state index in [0.29, 0.717) is 11.5 Å². The second kappa shape index (κ2) is 7.56. The molecule has 0 aromatic heterocycles. The third-order valence-electron chi connectivity index (χ3n) is 4.70. The third-order valence-corrected chi connectivity index (χ3v) is 6.10. The first-order chi connectivity index (χ1) is 12.0. The first-order valence-electron chi connectivity index (χ1n) is 8.50. The van der Waals surface area contributed by atoms with Gasteiger partial charge < -0.3 is 19.3 Å². The Balaban J connectivity index is 1.83. The lowest BCUT2D eigenvalue weighted by atomic mass is 10.1. The molecule has 1 aromatic carbocycles. The predicted molar refractivity (Wildman–Crippen MR) is 96.9 cm³/mol. The van der Waals surface area contributed by atoms with Crippen LogP contribution in [0, 0.1) is 0 Å². The summed E-state index contributed by atoms with van der Waals surface area (Å²) in [5.41, 5.74) is 0.939. The second-order valence-electron chi connectivity index (χ2n) is 6.30. The highest BCUT2D eigenvalue weighted by molar-refractivity contribution is 8.01. The number of carbonyl (C=O) groups is 2. The molecule has 0 bridgehead atoms. The van der Waals surface area contributed by atoms with Crippen molar-refractivity contribution in [3.8, 4) is 11.5 Å². The minimum Gasteiger partial charge on any atom is -0.493 e. The molecule has 2 aliphatic heterocycles. The first-order valence-corrected chi connectivity index (χ1v) is 9.45. The minimum absolute atomic E-state index is 0.0114. The van der Waals surface area contributed by atoms with Crippen LogP contribution >= 0.6 is 11.8 Å². The van der Waals surface area contributed by atoms with Crippen LogP contribution in [0.25, 0.3) is 0 Å². The smallest absolute Gasteiger partial charge is 0.242 e. The van der Waals surface area contributed by atoms with Gasteiger partial charge in [0, 0.05) is 13.1 Å². The molecule has 3 rings (SSSR count). The first kappa shape index (κ1) is 17.9. The molecule has 2 heterocycles. The van der Waals surface area contributed by atoms with Gasteiger partial charge in [0.05, 0.1) is 19.5 Å². The number of rotatable bonds is 5. The van der Waals surface area contributed by atoms with Crippen molar-refractivity contribution in [3.63, 3.8) is 0 Å². The van der Waals surface area contributed by atoms with Gasteiger partial charge in [0.2, 0.25) is 11.8 Å². The standard InChI is InChI=1S/C18H24N2O4S/c1-12-17(22)20(11-16(21)19-8-4-5-9-19)18(25-12)13-6-7-14(23-2)15(10-13)24-3/h6-7,10,12,18H,4-5,8-9,11H2,1-3H3/t12-,18+/m0/s1. The van der Waals surface area contributed by atoms with Gasteiger partial charge in [0.25, 0.3) is 0 Å². The molecular weight excluding hydrogens is 340 g/mol. The fraction of sp³-hybridized carbons (Fsp3) is 0.556. The van der Waals surface area contributed by atoms with Crippen LogP contribution in [0.2, 0.25) is 0 Å². The largest absolute Gasteiger partial charge is 0.493 e. The van der Waals surface area contributed by atoms with Crippen molar-refractivity contribution < 1.29 is 19.1 Å². The molecule has 0 unspecified atom stereocenters. The predicted octanol–water partition coefficient (Wildman–Crippen LogP) is 2.29. The molecule has 0 radical (unpaired) electrons. The molecule has 25 heavy (non-hydrogen) atoms. The Morgan fingerprint density at radius 2 is 1.88 bits per heavy atom. The fourth-order valence-electron chi connectivity index (χ4n) is 3.31. The highest BCUT2D eigenvalue weighted by Crippen LogP contribution is 2.44. The van der Waals surface area contributed by atoms with E-state index in [0.717, 1.165) is 31.5 Å². The van der Waals surface area contributed by atoms with Crippen LogP contribution < -0.4 is 9.47 Å². The van der Waals surface area contributed by atoms with Crippen LogP contribution in [-0.4, -0.2) is 60.7 Å². The summed E-state index contributed by atoms with van der Waals surface area (Å²) in [6.45, 7) is 3.62. The van der Waals surface area contributed by atoms with Gasteiger partial charge in [-0.2, -0.15) is 0 Å². The van der Waals surface area contributed by atoms with Gasteiger partial charge in [-0.25, -0.2) is 0 Å². The maximum absolute atomic E-state index is 12.6. The van der Waals surface area contributed by atoms with E-state index in [2.05, 4.69) is 0 Å². The Morgan fingerprint density at radius 3 is 2.52 bits per heavy atom. The number of methoxy groups -OCH3 is 2. The van der Waals surface area contributed by atoms with Gasteiger partial charge in [0.15, 0.2) is 11.5 Å². The van der Waals surface area contributed by atoms with Crippen molar-refractivity contribution in [1.29, 1.82) is 0 Å². The summed E-state index contributed by atoms with van der Waals surface area (Å²) in [6.07, 6.45) is 2.09. The average Bonchev–Trinajstić information content (AvgIpc) is 3.25. The maximum Gasteiger partial charge on any atom is 0.242 e. The van der Waals surface area contributed by atoms with Crippen LogP contribution in [0.3, 0.4) is 0 Å². The summed E-state index contributed by atoms with van der Waals surface area (Å²) in [6, 6.07) is 5.65. The zero-order valence-electron chi connectivity index (χ0n) is 14.9. The van der Waals surface area contributed by atoms with Crippen LogP contribution in [0.1, 0.15) is 30.7 Å². The maximum atomic E-state index is 12.6. The molecule has 136 valence electrons. The van der Waals surface area contributed by atoms with Crippen molar-refractivity contribution >= 4 is 23.6 Å². The number of hydrogen-bond acceptors (Lipinski definition) is 5. The van der Waals surface area contributed by atoms with Gasteiger partial charge in [-0.3, -0.25) is 9.59 Å². The van der Waals surface area contributed by atoms with Gasteiger partial charge in [-0.15, -0.1) is 11.8 Å². The number of nitrogens with zero attached hydrogens (tertiary/aromatic N) is 2. The molecule has 2 amide bonds. The zero-order chi connectivity index (χ0) is 18.0. The third kappa shape index (κ3) is 3.56. The molecular formula is C18H24N2O4S. The topological polar surface area (TPSA) is 59.1 Å². The summed E-state index contributed by atoms with van der Waals surface area (Å²) in [5, 5.41) is -0.349. The molecule has 0 saturated carbocycles. The van der Waals surface area contributed by atoms with E-state index in [1.807, 2.05) is 30.0 Å². The number of benzene rings is 1. The number of amides is 2. The van der Waals surface area contributed by atoms with E-state index in [-0.39, 0.29) is 29.0 Å². The average molecular weight is 364 g/mol. The van der Waals surface area contributed by atoms with Crippen molar-refractivity contribution in [3.05, 3.63) is 23.8 Å². The fourth-order valence-corrected chi connectivity index (χ4v) is 4.58. The second-order valence-corrected chi connectivity index (χ2v) is 7.72. The van der Waals surface area contributed by atoms with E-state index >= 15 is 0 Å². The van der Waals surface area contributed by atoms with E-state index < -0.39 is 0 Å². The van der Waals surface area contributed by atoms with Crippen LogP contribution in [0.5, 0.6) is 11.5 Å². The number of carbonyl (C=O) groups excluding carboxylic acids is 2. The summed E-state index contributed by atoms with van der Waals surface area (Å²) >= 11 is 1.56. The Labute approximate surface area is 152 Å². The molecule has 2 saturated heterocycles. The Morgan fingerprint density at radius 1 is 1.20 bits per heavy atom. The molecule has 6 nitrogen and oxygen atoms in total. The number of hydrogen-bond donors (Lipinski definition) is 0. The quantitative estimate of drug-likeness (QED) is 0.802. The number of likely N-dealkylation sites (tertiary alicyclic amines) is 1. The SMILES string of the molecule is COc1ccc([C@H]2S[C@@H](C)C(=O)N2CC(=O)N2CCCC2)cc1OC. The normalized spacial score (nSPS) is 23.2. The van der Waals surface area contributed by atoms with Gasteiger partial charge in [-0.1, -0.05) is 6.07 Å². The van der Waals surface area contributed by atoms with Crippen LogP contribution in [0.15, 0.2) is 18.2 Å². The molecule has 2 aliphatic rings. The lowest BCUT2D eigenvalue weighted by molar-refractivity contribution is -0.139. The summed E-state index contributed by atoms with van der Waals surface area (Å²) in [5.74, 6) is 1.31. The van der Waals surface area contributed by atoms with Crippen molar-refractivity contribution in [2.45, 2.75) is 30.4 Å². The molecule has 7 heteroatoms. The number of ether oxygens (including phenoxy) is 2. The van der Waals surface area contributed by atoms with Crippen LogP contribution in [0.4, 0.5) is 0 Å². The van der Waals surface area contributed by atoms with Crippen LogP contribution in [-0.2, 0) is 9.59 Å². The van der Waals surface area contributed by atoms with Gasteiger partial charge in [-0.05, 0) is 37.5 Å². The summed E-state index contributed by atoms with van der Waals surface area (Å²) in [4.78, 5) is 28.7. The molecule has 1 aromatic rings. The van der Waals surface area contributed by atoms with E-state index in [4.69, 9.17) is 9.47 Å². The van der Waals surface area contributed by atoms with E-state index in [9.17, 15) is 9.59 Å². The van der Waals surface area contributed by atoms with Crippen molar-refractivity contribution in [2.75, 3.05) is 33.9 Å². The Bertz CT molecular complexity index is 660. The lowest BCUT2D eigenvalue weighted by Gasteiger charge is -2.26. The summed E-state index contributed by atoms with van der Waals surface area (Å²) in [7, 11) is 3.18. The van der Waals surface area contributed by atoms with E-state index in [1.54, 1.807) is 30.9 Å². The summed E-state index contributed by atoms with van der Waals surface area (Å²) < 4.78 is 10.7. The monoisotopic (exact) mass is 364 g/mol. The molecule has 0 aliphatic carbocycles. The zero-order valence-corrected chi connectivity index (χ0v) is 15.7. The van der Waals surface area contributed by atoms with Crippen molar-refractivity contribution in [1.82, 2.24) is 9.80 Å². The van der Waals surface area contributed by atoms with Gasteiger partial charge in [0.1, 0.15) is 11.9 Å². The highest BCUT2D eigenvalue weighted by Gasteiger charge is 2.40. The number of thioether (sulfide) groups is 1. The Kier molecular flexibility index (Phi) is 5.42. The Hall–Kier alpha value is -1.89. The molecule has 0 N–H and O–H groups in total. The minimum atomic E-state index is -0.186. The molecule has 2 fully saturated rings. The highest BCUT2D eigenvalue weighted by atomic mass is 32.2.